The highest BCUT2D eigenvalue weighted by Crippen LogP contribution is 2.54. The fourth-order valence-electron chi connectivity index (χ4n) is 7.65. The van der Waals surface area contributed by atoms with Crippen LogP contribution >= 0.6 is 0 Å². The molecule has 0 amide bonds. The van der Waals surface area contributed by atoms with Gasteiger partial charge in [0, 0.05) is 22.3 Å². The second-order valence-corrected chi connectivity index (χ2v) is 12.4. The average molecular weight is 613 g/mol. The maximum Gasteiger partial charge on any atom is 0.131 e. The number of hydrogen-bond donors (Lipinski definition) is 0. The van der Waals surface area contributed by atoms with Crippen molar-refractivity contribution in [2.24, 2.45) is 0 Å². The fourth-order valence-corrected chi connectivity index (χ4v) is 7.65. The van der Waals surface area contributed by atoms with Crippen molar-refractivity contribution in [1.82, 2.24) is 0 Å². The second-order valence-electron chi connectivity index (χ2n) is 12.4. The van der Waals surface area contributed by atoms with Crippen molar-refractivity contribution < 1.29 is 9.47 Å². The molecule has 0 fully saturated rings. The zero-order valence-electron chi connectivity index (χ0n) is 26.0. The van der Waals surface area contributed by atoms with Crippen LogP contribution in [0.4, 0.5) is 0 Å². The summed E-state index contributed by atoms with van der Waals surface area (Å²) in [6.07, 6.45) is 0. The molecule has 224 valence electrons. The van der Waals surface area contributed by atoms with E-state index in [9.17, 15) is 0 Å². The molecule has 0 atom stereocenters. The third kappa shape index (κ3) is 4.06. The zero-order valence-corrected chi connectivity index (χ0v) is 26.0. The van der Waals surface area contributed by atoms with Crippen molar-refractivity contribution >= 4 is 21.5 Å². The number of fused-ring (bicyclic) bond motifs is 6. The van der Waals surface area contributed by atoms with Crippen LogP contribution in [0.3, 0.4) is 0 Å². The second kappa shape index (κ2) is 10.7. The van der Waals surface area contributed by atoms with Crippen molar-refractivity contribution in [1.29, 1.82) is 0 Å². The molecular formula is C46H28O2. The minimum absolute atomic E-state index is 0.866. The van der Waals surface area contributed by atoms with Crippen LogP contribution in [0.1, 0.15) is 33.4 Å². The Morgan fingerprint density at radius 1 is 0.250 bits per heavy atom. The van der Waals surface area contributed by atoms with Gasteiger partial charge in [0.15, 0.2) is 0 Å². The lowest BCUT2D eigenvalue weighted by atomic mass is 9.73. The summed E-state index contributed by atoms with van der Waals surface area (Å²) in [7, 11) is 0. The van der Waals surface area contributed by atoms with Gasteiger partial charge in [-0.2, -0.15) is 0 Å². The molecule has 48 heavy (non-hydrogen) atoms. The number of ether oxygens (including phenoxy) is 2. The van der Waals surface area contributed by atoms with Crippen molar-refractivity contribution in [3.8, 4) is 34.1 Å². The summed E-state index contributed by atoms with van der Waals surface area (Å²) in [6, 6.07) is 60.3. The summed E-state index contributed by atoms with van der Waals surface area (Å²) in [4.78, 5) is 0. The van der Waals surface area contributed by atoms with Crippen LogP contribution < -0.4 is 9.47 Å². The van der Waals surface area contributed by atoms with Gasteiger partial charge in [0.25, 0.3) is 0 Å². The minimum Gasteiger partial charge on any atom is -0.457 e. The molecule has 10 rings (SSSR count). The Hall–Kier alpha value is -6.12. The molecule has 0 spiro atoms. The van der Waals surface area contributed by atoms with E-state index < -0.39 is 0 Å². The predicted molar refractivity (Wildman–Crippen MR) is 194 cm³/mol. The Labute approximate surface area is 279 Å². The van der Waals surface area contributed by atoms with E-state index in [4.69, 9.17) is 9.47 Å². The van der Waals surface area contributed by atoms with Crippen molar-refractivity contribution in [3.05, 3.63) is 215 Å². The summed E-state index contributed by atoms with van der Waals surface area (Å²) >= 11 is 0. The molecule has 2 aliphatic rings. The Kier molecular flexibility index (Phi) is 6.04. The van der Waals surface area contributed by atoms with E-state index in [1.54, 1.807) is 0 Å². The molecule has 2 nitrogen and oxygen atoms in total. The molecule has 2 heterocycles. The number of rotatable bonds is 3. The monoisotopic (exact) mass is 612 g/mol. The van der Waals surface area contributed by atoms with Crippen LogP contribution in [-0.4, -0.2) is 0 Å². The van der Waals surface area contributed by atoms with Gasteiger partial charge >= 0.3 is 0 Å². The van der Waals surface area contributed by atoms with Gasteiger partial charge in [-0.15, -0.1) is 0 Å². The first-order valence-electron chi connectivity index (χ1n) is 16.4. The standard InChI is InChI=1S/C46H28O2/c1-3-15-31-29(13-1)25-27-37(43-33-17-5-9-21-39(33)47-40-22-10-6-18-34(40)43)45(31)46-32-16-4-2-14-30(32)26-28-38(46)44-35-19-7-11-23-41(35)48-42-24-12-8-20-36(42)44/h1-28H. The molecule has 8 aromatic rings. The van der Waals surface area contributed by atoms with Gasteiger partial charge in [-0.3, -0.25) is 0 Å². The Morgan fingerprint density at radius 2 is 0.562 bits per heavy atom. The summed E-state index contributed by atoms with van der Waals surface area (Å²) < 4.78 is 13.0. The first-order valence-corrected chi connectivity index (χ1v) is 16.4. The molecule has 2 aliphatic heterocycles. The van der Waals surface area contributed by atoms with E-state index in [1.165, 1.54) is 55.6 Å². The zero-order chi connectivity index (χ0) is 31.6. The van der Waals surface area contributed by atoms with Crippen molar-refractivity contribution in [2.75, 3.05) is 0 Å². The molecule has 8 aromatic carbocycles. The number of benzene rings is 8. The van der Waals surface area contributed by atoms with Gasteiger partial charge in [-0.25, -0.2) is 0 Å². The highest BCUT2D eigenvalue weighted by atomic mass is 16.5. The maximum absolute atomic E-state index is 6.49. The van der Waals surface area contributed by atoms with Crippen LogP contribution in [0.15, 0.2) is 170 Å². The van der Waals surface area contributed by atoms with Gasteiger partial charge in [-0.1, -0.05) is 146 Å². The van der Waals surface area contributed by atoms with E-state index in [0.717, 1.165) is 45.3 Å². The SMILES string of the molecule is c1ccc2c(c1)Oc1ccccc1[C]2c1ccc2ccccc2c1-c1c([C]2c3ccccc3Oc3ccccc32)ccc2ccccc12. The molecule has 0 N–H and O–H groups in total. The molecule has 0 saturated heterocycles. The quantitative estimate of drug-likeness (QED) is 0.198. The largest absolute Gasteiger partial charge is 0.457 e. The van der Waals surface area contributed by atoms with E-state index in [1.807, 2.05) is 24.3 Å². The van der Waals surface area contributed by atoms with E-state index in [0.29, 0.717) is 0 Å². The third-order valence-corrected chi connectivity index (χ3v) is 9.71. The van der Waals surface area contributed by atoms with Crippen LogP contribution in [0.5, 0.6) is 23.0 Å². The Balaban J connectivity index is 1.36. The highest BCUT2D eigenvalue weighted by Gasteiger charge is 2.35. The third-order valence-electron chi connectivity index (χ3n) is 9.71. The Bertz CT molecular complexity index is 2280. The lowest BCUT2D eigenvalue weighted by Crippen LogP contribution is -2.15. The minimum atomic E-state index is 0.866. The molecule has 0 unspecified atom stereocenters. The molecule has 0 bridgehead atoms. The van der Waals surface area contributed by atoms with Crippen molar-refractivity contribution in [3.63, 3.8) is 0 Å². The van der Waals surface area contributed by atoms with Crippen LogP contribution in [0.25, 0.3) is 32.7 Å². The normalized spacial score (nSPS) is 13.6. The molecule has 0 aromatic heterocycles. The first kappa shape index (κ1) is 27.0. The van der Waals surface area contributed by atoms with Crippen molar-refractivity contribution in [2.45, 2.75) is 0 Å². The molecule has 0 aliphatic carbocycles. The fraction of sp³-hybridized carbons (Fsp3) is 0. The number of para-hydroxylation sites is 4. The smallest absolute Gasteiger partial charge is 0.131 e. The van der Waals surface area contributed by atoms with Gasteiger partial charge in [0.2, 0.25) is 0 Å². The molecule has 0 saturated carbocycles. The molecule has 2 radical (unpaired) electrons. The maximum atomic E-state index is 6.49. The van der Waals surface area contributed by atoms with Crippen LogP contribution in [0.2, 0.25) is 0 Å². The number of hydrogen-bond acceptors (Lipinski definition) is 2. The lowest BCUT2D eigenvalue weighted by molar-refractivity contribution is 0.465. The summed E-state index contributed by atoms with van der Waals surface area (Å²) in [5, 5.41) is 4.80. The molecule has 2 heteroatoms. The first-order chi connectivity index (χ1) is 23.8. The summed E-state index contributed by atoms with van der Waals surface area (Å²) in [6.45, 7) is 0. The van der Waals surface area contributed by atoms with E-state index >= 15 is 0 Å². The topological polar surface area (TPSA) is 18.5 Å². The molecular weight excluding hydrogens is 585 g/mol. The predicted octanol–water partition coefficient (Wildman–Crippen LogP) is 11.9. The van der Waals surface area contributed by atoms with E-state index in [-0.39, 0.29) is 0 Å². The van der Waals surface area contributed by atoms with Gasteiger partial charge in [0.1, 0.15) is 23.0 Å². The highest BCUT2D eigenvalue weighted by molar-refractivity contribution is 6.10. The summed E-state index contributed by atoms with van der Waals surface area (Å²) in [5.41, 5.74) is 9.10. The lowest BCUT2D eigenvalue weighted by Gasteiger charge is -2.32. The Morgan fingerprint density at radius 3 is 0.938 bits per heavy atom. The van der Waals surface area contributed by atoms with Gasteiger partial charge in [-0.05, 0) is 68.1 Å². The average Bonchev–Trinajstić information content (AvgIpc) is 3.15. The van der Waals surface area contributed by atoms with Gasteiger partial charge in [0.05, 0.1) is 11.8 Å². The van der Waals surface area contributed by atoms with Gasteiger partial charge < -0.3 is 9.47 Å². The summed E-state index contributed by atoms with van der Waals surface area (Å²) in [5.74, 6) is 5.81. The van der Waals surface area contributed by atoms with E-state index in [2.05, 4.69) is 146 Å². The van der Waals surface area contributed by atoms with Crippen LogP contribution in [-0.2, 0) is 0 Å². The van der Waals surface area contributed by atoms with Crippen LogP contribution in [0, 0.1) is 11.8 Å².